The second kappa shape index (κ2) is 65.4. The van der Waals surface area contributed by atoms with Gasteiger partial charge < -0.3 is 14.2 Å². The van der Waals surface area contributed by atoms with Gasteiger partial charge in [0.25, 0.3) is 0 Å². The molecule has 0 radical (unpaired) electrons. The lowest BCUT2D eigenvalue weighted by Gasteiger charge is -2.18. The standard InChI is InChI=1S/C71H126O6/c1-4-7-10-13-16-19-22-25-27-29-30-31-32-33-34-35-36-37-38-39-40-42-43-46-49-52-55-58-61-64-70(73)76-67-68(66-75-69(72)63-60-57-54-51-48-45-24-21-18-15-12-9-6-3)77-71(74)65-62-59-56-53-50-47-44-41-28-26-23-20-17-14-11-8-5-2/h12,15,21-22,24-26,28-30,32-33,68H,4-11,13-14,16-20,23,27,31,34-67H2,1-3H3/b15-12-,24-21-,25-22-,28-26-,30-29-,33-32-. The van der Waals surface area contributed by atoms with Gasteiger partial charge in [0.2, 0.25) is 0 Å². The quantitative estimate of drug-likeness (QED) is 0.0261. The van der Waals surface area contributed by atoms with E-state index in [9.17, 15) is 14.4 Å². The Morgan fingerprint density at radius 3 is 0.792 bits per heavy atom. The van der Waals surface area contributed by atoms with Gasteiger partial charge in [-0.15, -0.1) is 0 Å². The minimum Gasteiger partial charge on any atom is -0.462 e. The van der Waals surface area contributed by atoms with Crippen LogP contribution in [0.25, 0.3) is 0 Å². The maximum atomic E-state index is 12.9. The molecule has 77 heavy (non-hydrogen) atoms. The molecule has 0 heterocycles. The van der Waals surface area contributed by atoms with Crippen LogP contribution >= 0.6 is 0 Å². The van der Waals surface area contributed by atoms with Crippen LogP contribution in [-0.4, -0.2) is 37.2 Å². The first-order valence-electron chi connectivity index (χ1n) is 33.4. The molecule has 6 nitrogen and oxygen atoms in total. The summed E-state index contributed by atoms with van der Waals surface area (Å²) in [5.41, 5.74) is 0. The molecule has 0 fully saturated rings. The fourth-order valence-corrected chi connectivity index (χ4v) is 9.60. The van der Waals surface area contributed by atoms with Crippen molar-refractivity contribution in [3.05, 3.63) is 72.9 Å². The minimum atomic E-state index is -0.784. The van der Waals surface area contributed by atoms with Gasteiger partial charge in [-0.2, -0.15) is 0 Å². The van der Waals surface area contributed by atoms with Gasteiger partial charge in [-0.3, -0.25) is 14.4 Å². The Bertz CT molecular complexity index is 1420. The molecule has 0 N–H and O–H groups in total. The first-order chi connectivity index (χ1) is 38.0. The molecule has 0 rings (SSSR count). The van der Waals surface area contributed by atoms with Gasteiger partial charge in [0, 0.05) is 19.3 Å². The molecular weight excluding hydrogens is 949 g/mol. The highest BCUT2D eigenvalue weighted by Gasteiger charge is 2.19. The van der Waals surface area contributed by atoms with Crippen LogP contribution < -0.4 is 0 Å². The number of rotatable bonds is 61. The Morgan fingerprint density at radius 2 is 0.494 bits per heavy atom. The first-order valence-corrected chi connectivity index (χ1v) is 33.4. The second-order valence-electron chi connectivity index (χ2n) is 22.4. The van der Waals surface area contributed by atoms with E-state index in [1.807, 2.05) is 0 Å². The van der Waals surface area contributed by atoms with E-state index in [2.05, 4.69) is 93.7 Å². The van der Waals surface area contributed by atoms with E-state index in [0.29, 0.717) is 19.3 Å². The Kier molecular flexibility index (Phi) is 62.7. The van der Waals surface area contributed by atoms with Crippen molar-refractivity contribution in [2.75, 3.05) is 13.2 Å². The van der Waals surface area contributed by atoms with Crippen molar-refractivity contribution < 1.29 is 28.6 Å². The highest BCUT2D eigenvalue weighted by molar-refractivity contribution is 5.71. The van der Waals surface area contributed by atoms with Crippen molar-refractivity contribution >= 4 is 17.9 Å². The Hall–Kier alpha value is -3.15. The molecule has 0 bridgehead atoms. The van der Waals surface area contributed by atoms with Gasteiger partial charge in [-0.25, -0.2) is 0 Å². The van der Waals surface area contributed by atoms with Crippen LogP contribution in [0.4, 0.5) is 0 Å². The molecule has 1 unspecified atom stereocenters. The molecule has 0 spiro atoms. The topological polar surface area (TPSA) is 78.9 Å². The number of carbonyl (C=O) groups is 3. The van der Waals surface area contributed by atoms with Gasteiger partial charge >= 0.3 is 17.9 Å². The number of allylic oxidation sites excluding steroid dienone is 12. The minimum absolute atomic E-state index is 0.0799. The van der Waals surface area contributed by atoms with Crippen LogP contribution in [0.15, 0.2) is 72.9 Å². The third kappa shape index (κ3) is 63.6. The molecule has 446 valence electrons. The van der Waals surface area contributed by atoms with Crippen molar-refractivity contribution in [2.45, 2.75) is 348 Å². The third-order valence-corrected chi connectivity index (χ3v) is 14.6. The van der Waals surface area contributed by atoms with Gasteiger partial charge in [0.15, 0.2) is 6.10 Å². The van der Waals surface area contributed by atoms with Crippen molar-refractivity contribution in [1.82, 2.24) is 0 Å². The van der Waals surface area contributed by atoms with E-state index in [4.69, 9.17) is 14.2 Å². The largest absolute Gasteiger partial charge is 0.462 e. The van der Waals surface area contributed by atoms with Gasteiger partial charge in [-0.1, -0.05) is 286 Å². The Balaban J connectivity index is 4.23. The van der Waals surface area contributed by atoms with Crippen LogP contribution in [0.5, 0.6) is 0 Å². The molecule has 6 heteroatoms. The van der Waals surface area contributed by atoms with Crippen LogP contribution in [-0.2, 0) is 28.6 Å². The monoisotopic (exact) mass is 1070 g/mol. The van der Waals surface area contributed by atoms with Crippen molar-refractivity contribution in [2.24, 2.45) is 0 Å². The third-order valence-electron chi connectivity index (χ3n) is 14.6. The number of carbonyl (C=O) groups excluding carboxylic acids is 3. The van der Waals surface area contributed by atoms with Crippen LogP contribution in [0.1, 0.15) is 342 Å². The maximum absolute atomic E-state index is 12.9. The fraction of sp³-hybridized carbons (Fsp3) is 0.789. The predicted octanol–water partition coefficient (Wildman–Crippen LogP) is 22.9. The molecule has 0 saturated heterocycles. The number of hydrogen-bond acceptors (Lipinski definition) is 6. The molecule has 0 aliphatic rings. The molecule has 0 aromatic rings. The van der Waals surface area contributed by atoms with Crippen molar-refractivity contribution in [3.8, 4) is 0 Å². The van der Waals surface area contributed by atoms with E-state index in [-0.39, 0.29) is 31.1 Å². The van der Waals surface area contributed by atoms with E-state index in [0.717, 1.165) is 96.3 Å². The summed E-state index contributed by atoms with van der Waals surface area (Å²) in [6, 6.07) is 0. The Morgan fingerprint density at radius 1 is 0.260 bits per heavy atom. The molecule has 0 aliphatic heterocycles. The average molecular weight is 1080 g/mol. The fourth-order valence-electron chi connectivity index (χ4n) is 9.60. The van der Waals surface area contributed by atoms with E-state index >= 15 is 0 Å². The summed E-state index contributed by atoms with van der Waals surface area (Å²) < 4.78 is 16.9. The van der Waals surface area contributed by atoms with Crippen LogP contribution in [0.3, 0.4) is 0 Å². The highest BCUT2D eigenvalue weighted by Crippen LogP contribution is 2.17. The summed E-state index contributed by atoms with van der Waals surface area (Å²) in [6.07, 6.45) is 84.9. The number of hydrogen-bond donors (Lipinski definition) is 0. The maximum Gasteiger partial charge on any atom is 0.306 e. The molecule has 0 aromatic carbocycles. The number of unbranched alkanes of at least 4 members (excludes halogenated alkanes) is 38. The van der Waals surface area contributed by atoms with E-state index < -0.39 is 6.10 Å². The summed E-state index contributed by atoms with van der Waals surface area (Å²) in [7, 11) is 0. The number of ether oxygens (including phenoxy) is 3. The van der Waals surface area contributed by atoms with E-state index in [1.165, 1.54) is 205 Å². The zero-order valence-corrected chi connectivity index (χ0v) is 51.2. The summed E-state index contributed by atoms with van der Waals surface area (Å²) >= 11 is 0. The van der Waals surface area contributed by atoms with Crippen LogP contribution in [0, 0.1) is 0 Å². The molecular formula is C71H126O6. The first kappa shape index (κ1) is 73.8. The van der Waals surface area contributed by atoms with Gasteiger partial charge in [0.05, 0.1) is 0 Å². The normalized spacial score (nSPS) is 12.5. The van der Waals surface area contributed by atoms with Gasteiger partial charge in [-0.05, 0) is 109 Å². The molecule has 0 saturated carbocycles. The number of esters is 3. The zero-order valence-electron chi connectivity index (χ0n) is 51.2. The lowest BCUT2D eigenvalue weighted by Crippen LogP contribution is -2.30. The molecule has 0 aromatic heterocycles. The summed E-state index contributed by atoms with van der Waals surface area (Å²) in [5, 5.41) is 0. The van der Waals surface area contributed by atoms with Crippen molar-refractivity contribution in [1.29, 1.82) is 0 Å². The smallest absolute Gasteiger partial charge is 0.306 e. The lowest BCUT2D eigenvalue weighted by atomic mass is 10.0. The van der Waals surface area contributed by atoms with Crippen molar-refractivity contribution in [3.63, 3.8) is 0 Å². The predicted molar refractivity (Wildman–Crippen MR) is 335 cm³/mol. The average Bonchev–Trinajstić information content (AvgIpc) is 3.43. The Labute approximate surface area is 478 Å². The second-order valence-corrected chi connectivity index (χ2v) is 22.4. The van der Waals surface area contributed by atoms with Gasteiger partial charge in [0.1, 0.15) is 13.2 Å². The molecule has 0 aliphatic carbocycles. The highest BCUT2D eigenvalue weighted by atomic mass is 16.6. The zero-order chi connectivity index (χ0) is 55.7. The SMILES string of the molecule is CCC/C=C\C/C=C\CCCCCCCC(=O)OCC(COC(=O)CCCCCCCCCCCCCCCC/C=C\C/C=C\C/C=C\CCCCCCC)OC(=O)CCCCCCCCC/C=C\CCCCCCCC. The molecule has 0 amide bonds. The summed E-state index contributed by atoms with van der Waals surface area (Å²) in [5.74, 6) is -0.885. The lowest BCUT2D eigenvalue weighted by molar-refractivity contribution is -0.167. The van der Waals surface area contributed by atoms with E-state index in [1.54, 1.807) is 0 Å². The van der Waals surface area contributed by atoms with Crippen LogP contribution in [0.2, 0.25) is 0 Å². The summed E-state index contributed by atoms with van der Waals surface area (Å²) in [6.45, 7) is 6.58. The molecule has 1 atom stereocenters. The summed E-state index contributed by atoms with van der Waals surface area (Å²) in [4.78, 5) is 38.3.